The summed E-state index contributed by atoms with van der Waals surface area (Å²) in [6, 6.07) is 2.01. The van der Waals surface area contributed by atoms with Crippen molar-refractivity contribution in [3.8, 4) is 0 Å². The minimum Gasteiger partial charge on any atom is -0.346 e. The van der Waals surface area contributed by atoms with Crippen LogP contribution >= 0.6 is 12.2 Å². The molecule has 3 heteroatoms. The maximum atomic E-state index is 5.35. The Hall–Kier alpha value is -0.700. The topological polar surface area (TPSA) is 28.7 Å². The highest BCUT2D eigenvalue weighted by Crippen LogP contribution is 2.36. The van der Waals surface area contributed by atoms with Gasteiger partial charge in [-0.25, -0.2) is 4.98 Å². The van der Waals surface area contributed by atoms with Crippen LogP contribution in [0.25, 0.3) is 0 Å². The van der Waals surface area contributed by atoms with Gasteiger partial charge >= 0.3 is 0 Å². The van der Waals surface area contributed by atoms with E-state index >= 15 is 0 Å². The van der Waals surface area contributed by atoms with Crippen LogP contribution in [0.4, 0.5) is 0 Å². The molecule has 2 atom stereocenters. The van der Waals surface area contributed by atoms with Crippen LogP contribution in [0.5, 0.6) is 0 Å². The van der Waals surface area contributed by atoms with Gasteiger partial charge in [0.2, 0.25) is 0 Å². The molecular weight excluding hydrogens is 252 g/mol. The van der Waals surface area contributed by atoms with E-state index in [0.717, 1.165) is 16.4 Å². The quantitative estimate of drug-likeness (QED) is 0.761. The van der Waals surface area contributed by atoms with Crippen molar-refractivity contribution in [2.24, 2.45) is 5.92 Å². The highest BCUT2D eigenvalue weighted by molar-refractivity contribution is 7.71. The molecule has 0 saturated heterocycles. The predicted octanol–water partition coefficient (Wildman–Crippen LogP) is 5.12. The molecule has 0 amide bonds. The number of rotatable bonds is 2. The molecule has 1 aliphatic rings. The predicted molar refractivity (Wildman–Crippen MR) is 83.1 cm³/mol. The minimum atomic E-state index is 0.101. The van der Waals surface area contributed by atoms with E-state index in [1.54, 1.807) is 0 Å². The number of nitrogens with zero attached hydrogens (tertiary/aromatic N) is 1. The fraction of sp³-hybridized carbons (Fsp3) is 0.750. The smallest absolute Gasteiger partial charge is 0.130 e. The first-order chi connectivity index (χ1) is 8.90. The molecule has 1 saturated carbocycles. The lowest BCUT2D eigenvalue weighted by atomic mass is 9.79. The average Bonchev–Trinajstić information content (AvgIpc) is 2.37. The molecular formula is C16H26N2S. The molecule has 1 aromatic heterocycles. The van der Waals surface area contributed by atoms with Crippen LogP contribution in [0.2, 0.25) is 0 Å². The Morgan fingerprint density at radius 3 is 2.74 bits per heavy atom. The second kappa shape index (κ2) is 5.74. The van der Waals surface area contributed by atoms with Gasteiger partial charge in [0.05, 0.1) is 0 Å². The zero-order valence-corrected chi connectivity index (χ0v) is 13.4. The summed E-state index contributed by atoms with van der Waals surface area (Å²) in [5.74, 6) is 2.55. The van der Waals surface area contributed by atoms with Crippen molar-refractivity contribution in [1.82, 2.24) is 9.97 Å². The van der Waals surface area contributed by atoms with E-state index in [1.807, 2.05) is 6.07 Å². The Bertz CT molecular complexity index is 484. The highest BCUT2D eigenvalue weighted by atomic mass is 32.1. The molecule has 0 spiro atoms. The lowest BCUT2D eigenvalue weighted by molar-refractivity contribution is 0.306. The molecule has 2 rings (SSSR count). The van der Waals surface area contributed by atoms with Crippen molar-refractivity contribution in [3.05, 3.63) is 22.2 Å². The number of aromatic amines is 1. The minimum absolute atomic E-state index is 0.101. The van der Waals surface area contributed by atoms with Crippen LogP contribution in [0.3, 0.4) is 0 Å². The number of aromatic nitrogens is 2. The van der Waals surface area contributed by atoms with E-state index in [4.69, 9.17) is 12.2 Å². The molecule has 106 valence electrons. The van der Waals surface area contributed by atoms with E-state index in [0.29, 0.717) is 5.92 Å². The summed E-state index contributed by atoms with van der Waals surface area (Å²) >= 11 is 5.35. The first-order valence-electron chi connectivity index (χ1n) is 7.52. The molecule has 2 unspecified atom stereocenters. The Balaban J connectivity index is 2.29. The Morgan fingerprint density at radius 1 is 1.37 bits per heavy atom. The SMILES string of the molecule is CCC1CCCC(c2nc(=S)cc(C(C)(C)C)[nH]2)C1. The van der Waals surface area contributed by atoms with Crippen molar-refractivity contribution >= 4 is 12.2 Å². The van der Waals surface area contributed by atoms with E-state index in [2.05, 4.69) is 37.7 Å². The van der Waals surface area contributed by atoms with E-state index < -0.39 is 0 Å². The van der Waals surface area contributed by atoms with Gasteiger partial charge in [-0.2, -0.15) is 0 Å². The van der Waals surface area contributed by atoms with Crippen LogP contribution in [0.15, 0.2) is 6.07 Å². The van der Waals surface area contributed by atoms with Gasteiger partial charge in [0.25, 0.3) is 0 Å². The maximum Gasteiger partial charge on any atom is 0.130 e. The number of hydrogen-bond donors (Lipinski definition) is 1. The van der Waals surface area contributed by atoms with E-state index in [1.165, 1.54) is 37.8 Å². The lowest BCUT2D eigenvalue weighted by Gasteiger charge is -2.29. The molecule has 0 radical (unpaired) electrons. The summed E-state index contributed by atoms with van der Waals surface area (Å²) in [5.41, 5.74) is 1.31. The number of H-pyrrole nitrogens is 1. The van der Waals surface area contributed by atoms with Crippen LogP contribution < -0.4 is 0 Å². The van der Waals surface area contributed by atoms with Gasteiger partial charge in [-0.1, -0.05) is 59.2 Å². The molecule has 0 aliphatic heterocycles. The maximum absolute atomic E-state index is 5.35. The molecule has 2 nitrogen and oxygen atoms in total. The second-order valence-corrected chi connectivity index (χ2v) is 7.32. The van der Waals surface area contributed by atoms with Crippen molar-refractivity contribution in [2.45, 2.75) is 71.1 Å². The summed E-state index contributed by atoms with van der Waals surface area (Å²) in [5, 5.41) is 0. The second-order valence-electron chi connectivity index (χ2n) is 6.91. The fourth-order valence-electron chi connectivity index (χ4n) is 2.98. The first-order valence-corrected chi connectivity index (χ1v) is 7.92. The molecule has 1 aliphatic carbocycles. The van der Waals surface area contributed by atoms with Crippen molar-refractivity contribution in [2.75, 3.05) is 0 Å². The van der Waals surface area contributed by atoms with Gasteiger partial charge < -0.3 is 4.98 Å². The van der Waals surface area contributed by atoms with Crippen molar-refractivity contribution in [1.29, 1.82) is 0 Å². The van der Waals surface area contributed by atoms with Crippen LogP contribution in [0.1, 0.15) is 77.2 Å². The van der Waals surface area contributed by atoms with Gasteiger partial charge in [-0.05, 0) is 24.8 Å². The standard InChI is InChI=1S/C16H26N2S/c1-5-11-7-6-8-12(9-11)15-17-13(16(2,3)4)10-14(19)18-15/h10-12H,5-9H2,1-4H3,(H,17,18,19). The van der Waals surface area contributed by atoms with Gasteiger partial charge in [-0.3, -0.25) is 0 Å². The Kier molecular flexibility index (Phi) is 4.44. The molecule has 1 N–H and O–H groups in total. The number of hydrogen-bond acceptors (Lipinski definition) is 2. The molecule has 1 fully saturated rings. The Labute approximate surface area is 122 Å². The average molecular weight is 278 g/mol. The molecule has 0 aromatic carbocycles. The lowest BCUT2D eigenvalue weighted by Crippen LogP contribution is -2.20. The summed E-state index contributed by atoms with van der Waals surface area (Å²) in [4.78, 5) is 8.16. The van der Waals surface area contributed by atoms with Gasteiger partial charge in [-0.15, -0.1) is 0 Å². The number of nitrogens with one attached hydrogen (secondary N) is 1. The monoisotopic (exact) mass is 278 g/mol. The summed E-state index contributed by atoms with van der Waals surface area (Å²) in [6.07, 6.45) is 6.51. The van der Waals surface area contributed by atoms with Crippen molar-refractivity contribution in [3.63, 3.8) is 0 Å². The first kappa shape index (κ1) is 14.7. The van der Waals surface area contributed by atoms with E-state index in [9.17, 15) is 0 Å². The third-order valence-electron chi connectivity index (χ3n) is 4.32. The van der Waals surface area contributed by atoms with Crippen LogP contribution in [-0.4, -0.2) is 9.97 Å². The van der Waals surface area contributed by atoms with E-state index in [-0.39, 0.29) is 5.41 Å². The zero-order valence-electron chi connectivity index (χ0n) is 12.6. The summed E-state index contributed by atoms with van der Waals surface area (Å²) in [7, 11) is 0. The van der Waals surface area contributed by atoms with Gasteiger partial charge in [0.15, 0.2) is 0 Å². The van der Waals surface area contributed by atoms with Crippen LogP contribution in [0, 0.1) is 10.6 Å². The zero-order chi connectivity index (χ0) is 14.0. The van der Waals surface area contributed by atoms with Gasteiger partial charge in [0, 0.05) is 17.0 Å². The normalized spacial score (nSPS) is 24.4. The fourth-order valence-corrected chi connectivity index (χ4v) is 3.20. The Morgan fingerprint density at radius 2 is 2.11 bits per heavy atom. The summed E-state index contributed by atoms with van der Waals surface area (Å²) < 4.78 is 0.734. The molecule has 19 heavy (non-hydrogen) atoms. The van der Waals surface area contributed by atoms with Gasteiger partial charge in [0.1, 0.15) is 10.5 Å². The molecule has 1 heterocycles. The summed E-state index contributed by atoms with van der Waals surface area (Å²) in [6.45, 7) is 8.95. The molecule has 1 aromatic rings. The molecule has 0 bridgehead atoms. The largest absolute Gasteiger partial charge is 0.346 e. The van der Waals surface area contributed by atoms with Crippen molar-refractivity contribution < 1.29 is 0 Å². The third kappa shape index (κ3) is 3.65. The van der Waals surface area contributed by atoms with Crippen LogP contribution in [-0.2, 0) is 5.41 Å². The highest BCUT2D eigenvalue weighted by Gasteiger charge is 2.25. The third-order valence-corrected chi connectivity index (χ3v) is 4.53.